The van der Waals surface area contributed by atoms with Crippen molar-refractivity contribution in [1.82, 2.24) is 0 Å². The molecule has 0 unspecified atom stereocenters. The molecule has 0 atom stereocenters. The van der Waals surface area contributed by atoms with Crippen molar-refractivity contribution in [2.24, 2.45) is 0 Å². The monoisotopic (exact) mass is 326 g/mol. The van der Waals surface area contributed by atoms with Crippen molar-refractivity contribution in [2.45, 2.75) is 20.0 Å². The van der Waals surface area contributed by atoms with Gasteiger partial charge in [0.1, 0.15) is 6.61 Å². The van der Waals surface area contributed by atoms with E-state index in [1.54, 1.807) is 12.1 Å². The number of allylic oxidation sites excluding steroid dienone is 3. The summed E-state index contributed by atoms with van der Waals surface area (Å²) in [6.45, 7) is 7.04. The van der Waals surface area contributed by atoms with E-state index in [1.807, 2.05) is 49.4 Å². The van der Waals surface area contributed by atoms with Gasteiger partial charge in [0, 0.05) is 0 Å². The van der Waals surface area contributed by atoms with Gasteiger partial charge in [0.05, 0.1) is 13.2 Å². The highest BCUT2D eigenvalue weighted by atomic mass is 19.1. The van der Waals surface area contributed by atoms with Crippen LogP contribution in [0.4, 0.5) is 4.39 Å². The quantitative estimate of drug-likeness (QED) is 0.454. The molecule has 0 fully saturated rings. The van der Waals surface area contributed by atoms with E-state index in [-0.39, 0.29) is 11.6 Å². The van der Waals surface area contributed by atoms with Gasteiger partial charge in [0.15, 0.2) is 11.6 Å². The van der Waals surface area contributed by atoms with Gasteiger partial charge in [-0.3, -0.25) is 0 Å². The minimum Gasteiger partial charge on any atom is -0.488 e. The molecule has 0 saturated heterocycles. The van der Waals surface area contributed by atoms with Crippen molar-refractivity contribution in [3.05, 3.63) is 84.2 Å². The molecule has 0 N–H and O–H groups in total. The van der Waals surface area contributed by atoms with E-state index in [0.29, 0.717) is 19.8 Å². The molecule has 0 aromatic heterocycles. The number of ether oxygens (including phenoxy) is 2. The molecule has 0 saturated carbocycles. The molecule has 2 nitrogen and oxygen atoms in total. The fourth-order valence-corrected chi connectivity index (χ4v) is 2.31. The molecule has 126 valence electrons. The fourth-order valence-electron chi connectivity index (χ4n) is 2.31. The van der Waals surface area contributed by atoms with Crippen molar-refractivity contribution in [3.8, 4) is 5.75 Å². The minimum absolute atomic E-state index is 0.238. The Balaban J connectivity index is 1.82. The molecule has 2 rings (SSSR count). The summed E-state index contributed by atoms with van der Waals surface area (Å²) in [4.78, 5) is 0. The van der Waals surface area contributed by atoms with Crippen LogP contribution in [0.15, 0.2) is 67.3 Å². The van der Waals surface area contributed by atoms with Crippen LogP contribution in [0.1, 0.15) is 24.5 Å². The smallest absolute Gasteiger partial charge is 0.165 e. The normalized spacial score (nSPS) is 11.3. The molecule has 3 heteroatoms. The molecular formula is C21H23FO2. The molecule has 2 aromatic carbocycles. The van der Waals surface area contributed by atoms with Crippen LogP contribution in [0.25, 0.3) is 5.57 Å². The maximum absolute atomic E-state index is 14.1. The van der Waals surface area contributed by atoms with Gasteiger partial charge in [0.25, 0.3) is 0 Å². The average molecular weight is 326 g/mol. The average Bonchev–Trinajstić information content (AvgIpc) is 2.61. The van der Waals surface area contributed by atoms with Crippen molar-refractivity contribution in [3.63, 3.8) is 0 Å². The summed E-state index contributed by atoms with van der Waals surface area (Å²) in [5.74, 6) is -0.138. The summed E-state index contributed by atoms with van der Waals surface area (Å²) in [6, 6.07) is 14.9. The summed E-state index contributed by atoms with van der Waals surface area (Å²) in [7, 11) is 0. The van der Waals surface area contributed by atoms with E-state index >= 15 is 0 Å². The predicted molar refractivity (Wildman–Crippen MR) is 96.5 cm³/mol. The van der Waals surface area contributed by atoms with E-state index in [1.165, 1.54) is 6.07 Å². The minimum atomic E-state index is -0.376. The third-order valence-electron chi connectivity index (χ3n) is 3.51. The molecule has 0 bridgehead atoms. The molecule has 0 aliphatic rings. The Morgan fingerprint density at radius 1 is 1.12 bits per heavy atom. The summed E-state index contributed by atoms with van der Waals surface area (Å²) in [6.07, 6.45) is 4.62. The molecule has 0 spiro atoms. The third kappa shape index (κ3) is 5.36. The molecule has 24 heavy (non-hydrogen) atoms. The Morgan fingerprint density at radius 3 is 2.58 bits per heavy atom. The van der Waals surface area contributed by atoms with Gasteiger partial charge in [-0.1, -0.05) is 62.1 Å². The first-order valence-electron chi connectivity index (χ1n) is 8.11. The second-order valence-electron chi connectivity index (χ2n) is 5.30. The maximum Gasteiger partial charge on any atom is 0.165 e. The zero-order valence-corrected chi connectivity index (χ0v) is 14.0. The lowest BCUT2D eigenvalue weighted by Gasteiger charge is -2.10. The molecule has 0 heterocycles. The van der Waals surface area contributed by atoms with Crippen LogP contribution in [0.5, 0.6) is 5.75 Å². The lowest BCUT2D eigenvalue weighted by atomic mass is 10.0. The van der Waals surface area contributed by atoms with Gasteiger partial charge in [-0.15, -0.1) is 0 Å². The largest absolute Gasteiger partial charge is 0.488 e. The van der Waals surface area contributed by atoms with Crippen molar-refractivity contribution < 1.29 is 13.9 Å². The Hall–Kier alpha value is -2.39. The molecule has 2 aromatic rings. The number of halogens is 1. The zero-order chi connectivity index (χ0) is 17.2. The van der Waals surface area contributed by atoms with Crippen LogP contribution in [-0.2, 0) is 11.3 Å². The Bertz CT molecular complexity index is 677. The summed E-state index contributed by atoms with van der Waals surface area (Å²) < 4.78 is 25.1. The maximum atomic E-state index is 14.1. The van der Waals surface area contributed by atoms with E-state index in [4.69, 9.17) is 9.47 Å². The summed E-state index contributed by atoms with van der Waals surface area (Å²) >= 11 is 0. The van der Waals surface area contributed by atoms with Crippen LogP contribution >= 0.6 is 0 Å². The van der Waals surface area contributed by atoms with Gasteiger partial charge in [-0.2, -0.15) is 0 Å². The molecule has 0 aliphatic carbocycles. The fraction of sp³-hybridized carbons (Fsp3) is 0.238. The summed E-state index contributed by atoms with van der Waals surface area (Å²) in [5, 5.41) is 0. The second-order valence-corrected chi connectivity index (χ2v) is 5.30. The third-order valence-corrected chi connectivity index (χ3v) is 3.51. The van der Waals surface area contributed by atoms with E-state index in [2.05, 4.69) is 6.58 Å². The van der Waals surface area contributed by atoms with Gasteiger partial charge >= 0.3 is 0 Å². The van der Waals surface area contributed by atoms with Crippen molar-refractivity contribution in [2.75, 3.05) is 13.2 Å². The lowest BCUT2D eigenvalue weighted by Crippen LogP contribution is -2.07. The van der Waals surface area contributed by atoms with Gasteiger partial charge in [-0.25, -0.2) is 4.39 Å². The standard InChI is InChI=1S/C21H23FO2/c1-3-8-18(4-2)19-11-12-21(20(22)15-19)24-14-13-23-16-17-9-6-5-7-10-17/h4-12,15H,2-3,13-14,16H2,1H3/b18-8+. The lowest BCUT2D eigenvalue weighted by molar-refractivity contribution is 0.0876. The van der Waals surface area contributed by atoms with Crippen LogP contribution < -0.4 is 4.74 Å². The zero-order valence-electron chi connectivity index (χ0n) is 14.0. The first-order chi connectivity index (χ1) is 11.7. The van der Waals surface area contributed by atoms with E-state index < -0.39 is 0 Å². The van der Waals surface area contributed by atoms with Gasteiger partial charge < -0.3 is 9.47 Å². The van der Waals surface area contributed by atoms with Crippen LogP contribution in [0.3, 0.4) is 0 Å². The first-order valence-corrected chi connectivity index (χ1v) is 8.11. The van der Waals surface area contributed by atoms with E-state index in [0.717, 1.165) is 23.1 Å². The molecular weight excluding hydrogens is 303 g/mol. The van der Waals surface area contributed by atoms with Crippen LogP contribution in [-0.4, -0.2) is 13.2 Å². The second kappa shape index (κ2) is 9.68. The van der Waals surface area contributed by atoms with E-state index in [9.17, 15) is 4.39 Å². The van der Waals surface area contributed by atoms with Crippen LogP contribution in [0, 0.1) is 5.82 Å². The highest BCUT2D eigenvalue weighted by Crippen LogP contribution is 2.23. The summed E-state index contributed by atoms with van der Waals surface area (Å²) in [5.41, 5.74) is 2.83. The Morgan fingerprint density at radius 2 is 1.92 bits per heavy atom. The van der Waals surface area contributed by atoms with Gasteiger partial charge in [-0.05, 0) is 35.3 Å². The Kier molecular flexibility index (Phi) is 7.24. The van der Waals surface area contributed by atoms with Gasteiger partial charge in [0.2, 0.25) is 0 Å². The SMILES string of the molecule is C=C/C(=C\CC)c1ccc(OCCOCc2ccccc2)c(F)c1. The highest BCUT2D eigenvalue weighted by molar-refractivity contribution is 5.73. The Labute approximate surface area is 143 Å². The predicted octanol–water partition coefficient (Wildman–Crippen LogP) is 5.40. The topological polar surface area (TPSA) is 18.5 Å². The molecule has 0 radical (unpaired) electrons. The number of hydrogen-bond donors (Lipinski definition) is 0. The van der Waals surface area contributed by atoms with Crippen molar-refractivity contribution >= 4 is 5.57 Å². The van der Waals surface area contributed by atoms with Crippen molar-refractivity contribution in [1.29, 1.82) is 0 Å². The molecule has 0 amide bonds. The number of hydrogen-bond acceptors (Lipinski definition) is 2. The first kappa shape index (κ1) is 18.0. The molecule has 0 aliphatic heterocycles. The van der Waals surface area contributed by atoms with Crippen LogP contribution in [0.2, 0.25) is 0 Å². The highest BCUT2D eigenvalue weighted by Gasteiger charge is 2.06. The number of benzene rings is 2. The number of rotatable bonds is 9.